The molecule has 13 heteroatoms. The Balaban J connectivity index is 1.28. The maximum atomic E-state index is 13.8. The lowest BCUT2D eigenvalue weighted by atomic mass is 9.87. The van der Waals surface area contributed by atoms with Crippen molar-refractivity contribution in [2.45, 2.75) is 97.2 Å². The number of benzene rings is 1. The number of aromatic nitrogens is 3. The molecule has 0 saturated carbocycles. The Morgan fingerprint density at radius 1 is 0.959 bits per heavy atom. The Bertz CT molecular complexity index is 1810. The molecule has 0 unspecified atom stereocenters. The summed E-state index contributed by atoms with van der Waals surface area (Å²) in [5.41, 5.74) is 4.93. The third kappa shape index (κ3) is 6.58. The van der Waals surface area contributed by atoms with Gasteiger partial charge in [-0.05, 0) is 95.7 Å². The van der Waals surface area contributed by atoms with E-state index in [1.807, 2.05) is 64.3 Å². The highest BCUT2D eigenvalue weighted by atomic mass is 16.6. The molecule has 13 nitrogen and oxygen atoms in total. The van der Waals surface area contributed by atoms with E-state index >= 15 is 0 Å². The number of morpholine rings is 2. The highest BCUT2D eigenvalue weighted by Crippen LogP contribution is 2.38. The number of nitrogens with zero attached hydrogens (tertiary/aromatic N) is 6. The van der Waals surface area contributed by atoms with Crippen LogP contribution in [0.3, 0.4) is 0 Å². The van der Waals surface area contributed by atoms with Gasteiger partial charge in [0.1, 0.15) is 16.7 Å². The van der Waals surface area contributed by atoms with Crippen molar-refractivity contribution < 1.29 is 33.3 Å². The Hall–Kier alpha value is -4.23. The standard InChI is InChI=1S/C36H46N6O7/c1-21-16-42(34(45)49-36(5,6)7)31-30(21)38-28(15-37-31)23-12-22-8-9-39(32(43)41-17-25-14-24(41)19-47-25)18-27(22)26(13-23)29-20-46-11-10-40(29)33(44)48-35(2,3)4/h12-13,15-16,24-25,29H,8-11,14,17-20H2,1-7H3/t24-,25-,29+/m1/s1. The first-order valence-corrected chi connectivity index (χ1v) is 17.1. The normalized spacial score (nSPS) is 22.4. The Kier molecular flexibility index (Phi) is 8.33. The molecule has 3 aromatic rings. The minimum atomic E-state index is -0.665. The van der Waals surface area contributed by atoms with Crippen molar-refractivity contribution in [2.75, 3.05) is 39.5 Å². The summed E-state index contributed by atoms with van der Waals surface area (Å²) in [6.45, 7) is 16.2. The number of urea groups is 1. The van der Waals surface area contributed by atoms with Crippen molar-refractivity contribution in [3.63, 3.8) is 0 Å². The summed E-state index contributed by atoms with van der Waals surface area (Å²) >= 11 is 0. The predicted octanol–water partition coefficient (Wildman–Crippen LogP) is 5.45. The molecule has 6 heterocycles. The summed E-state index contributed by atoms with van der Waals surface area (Å²) < 4.78 is 24.6. The maximum absolute atomic E-state index is 13.8. The first-order chi connectivity index (χ1) is 23.1. The van der Waals surface area contributed by atoms with Crippen LogP contribution in [0.5, 0.6) is 0 Å². The molecule has 0 radical (unpaired) electrons. The number of carbonyl (C=O) groups is 3. The number of amides is 3. The van der Waals surface area contributed by atoms with Crippen LogP contribution in [-0.2, 0) is 31.9 Å². The van der Waals surface area contributed by atoms with Gasteiger partial charge in [0.05, 0.1) is 49.9 Å². The van der Waals surface area contributed by atoms with Gasteiger partial charge in [-0.2, -0.15) is 0 Å². The third-order valence-corrected chi connectivity index (χ3v) is 9.47. The zero-order valence-corrected chi connectivity index (χ0v) is 29.4. The molecule has 3 fully saturated rings. The van der Waals surface area contributed by atoms with Crippen LogP contribution in [0.15, 0.2) is 24.5 Å². The third-order valence-electron chi connectivity index (χ3n) is 9.47. The molecule has 262 valence electrons. The fourth-order valence-corrected chi connectivity index (χ4v) is 7.25. The van der Waals surface area contributed by atoms with Crippen LogP contribution in [0.2, 0.25) is 0 Å². The first-order valence-electron chi connectivity index (χ1n) is 17.1. The number of likely N-dealkylation sites (tertiary alicyclic amines) is 1. The fourth-order valence-electron chi connectivity index (χ4n) is 7.25. The van der Waals surface area contributed by atoms with E-state index in [4.69, 9.17) is 23.9 Å². The zero-order chi connectivity index (χ0) is 34.8. The highest BCUT2D eigenvalue weighted by Gasteiger charge is 2.44. The van der Waals surface area contributed by atoms with Crippen LogP contribution in [-0.4, -0.2) is 110 Å². The van der Waals surface area contributed by atoms with Crippen molar-refractivity contribution in [1.29, 1.82) is 0 Å². The van der Waals surface area contributed by atoms with E-state index in [1.54, 1.807) is 17.3 Å². The lowest BCUT2D eigenvalue weighted by Crippen LogP contribution is -2.50. The summed E-state index contributed by atoms with van der Waals surface area (Å²) in [5, 5.41) is 0. The topological polar surface area (TPSA) is 129 Å². The van der Waals surface area contributed by atoms with Gasteiger partial charge in [0.15, 0.2) is 5.65 Å². The van der Waals surface area contributed by atoms with Gasteiger partial charge in [0.25, 0.3) is 0 Å². The van der Waals surface area contributed by atoms with Crippen LogP contribution in [0, 0.1) is 6.92 Å². The van der Waals surface area contributed by atoms with Crippen molar-refractivity contribution >= 4 is 29.4 Å². The number of hydrogen-bond acceptors (Lipinski definition) is 9. The monoisotopic (exact) mass is 674 g/mol. The molecule has 0 N–H and O–H groups in total. The SMILES string of the molecule is Cc1cn(C(=O)OC(C)(C)C)c2ncc(-c3cc4c(c([C@@H]5COCCN5C(=O)OC(C)(C)C)c3)CN(C(=O)N3C[C@H]5C[C@@H]3CO5)CC4)nc12. The number of carbonyl (C=O) groups excluding carboxylic acids is 3. The highest BCUT2D eigenvalue weighted by molar-refractivity contribution is 5.88. The van der Waals surface area contributed by atoms with E-state index in [2.05, 4.69) is 11.1 Å². The number of ether oxygens (including phenoxy) is 4. The number of rotatable bonds is 2. The average molecular weight is 675 g/mol. The van der Waals surface area contributed by atoms with Crippen LogP contribution in [0.1, 0.15) is 76.3 Å². The van der Waals surface area contributed by atoms with Crippen molar-refractivity contribution in [2.24, 2.45) is 0 Å². The Labute approximate surface area is 286 Å². The van der Waals surface area contributed by atoms with Gasteiger partial charge in [-0.15, -0.1) is 0 Å². The minimum Gasteiger partial charge on any atom is -0.444 e. The molecule has 3 amide bonds. The molecule has 1 aromatic carbocycles. The second-order valence-corrected chi connectivity index (χ2v) is 15.5. The summed E-state index contributed by atoms with van der Waals surface area (Å²) in [6, 6.07) is 3.88. The van der Waals surface area contributed by atoms with E-state index in [0.29, 0.717) is 69.3 Å². The second kappa shape index (κ2) is 12.3. The minimum absolute atomic E-state index is 0.0293. The molecule has 4 aliphatic heterocycles. The first kappa shape index (κ1) is 33.3. The zero-order valence-electron chi connectivity index (χ0n) is 29.4. The molecule has 4 aliphatic rings. The van der Waals surface area contributed by atoms with Crippen LogP contribution in [0.25, 0.3) is 22.4 Å². The number of hydrogen-bond donors (Lipinski definition) is 0. The maximum Gasteiger partial charge on any atom is 0.420 e. The lowest BCUT2D eigenvalue weighted by Gasteiger charge is -2.40. The molecule has 0 aliphatic carbocycles. The molecule has 7 rings (SSSR count). The molecular formula is C36H46N6O7. The van der Waals surface area contributed by atoms with Gasteiger partial charge in [-0.25, -0.2) is 28.9 Å². The summed E-state index contributed by atoms with van der Waals surface area (Å²) in [4.78, 5) is 55.7. The number of fused-ring (bicyclic) bond motifs is 4. The van der Waals surface area contributed by atoms with Gasteiger partial charge in [-0.1, -0.05) is 0 Å². The van der Waals surface area contributed by atoms with E-state index in [9.17, 15) is 14.4 Å². The van der Waals surface area contributed by atoms with Crippen molar-refractivity contribution in [1.82, 2.24) is 29.2 Å². The largest absolute Gasteiger partial charge is 0.444 e. The second-order valence-electron chi connectivity index (χ2n) is 15.5. The molecule has 3 atom stereocenters. The van der Waals surface area contributed by atoms with E-state index in [-0.39, 0.29) is 18.2 Å². The Morgan fingerprint density at radius 3 is 2.41 bits per heavy atom. The predicted molar refractivity (Wildman–Crippen MR) is 180 cm³/mol. The van der Waals surface area contributed by atoms with Gasteiger partial charge in [-0.3, -0.25) is 4.90 Å². The summed E-state index contributed by atoms with van der Waals surface area (Å²) in [7, 11) is 0. The smallest absolute Gasteiger partial charge is 0.420 e. The van der Waals surface area contributed by atoms with Gasteiger partial charge in [0, 0.05) is 37.9 Å². The van der Waals surface area contributed by atoms with Crippen LogP contribution >= 0.6 is 0 Å². The van der Waals surface area contributed by atoms with Gasteiger partial charge >= 0.3 is 18.2 Å². The van der Waals surface area contributed by atoms with E-state index in [0.717, 1.165) is 34.2 Å². The van der Waals surface area contributed by atoms with Crippen LogP contribution in [0.4, 0.5) is 14.4 Å². The molecule has 2 bridgehead atoms. The molecule has 49 heavy (non-hydrogen) atoms. The fraction of sp³-hybridized carbons (Fsp3) is 0.583. The Morgan fingerprint density at radius 2 is 1.71 bits per heavy atom. The van der Waals surface area contributed by atoms with Crippen LogP contribution < -0.4 is 0 Å². The molecule has 2 aromatic heterocycles. The summed E-state index contributed by atoms with van der Waals surface area (Å²) in [6.07, 6.45) is 4.09. The van der Waals surface area contributed by atoms with E-state index < -0.39 is 29.4 Å². The van der Waals surface area contributed by atoms with E-state index in [1.165, 1.54) is 4.57 Å². The molecule has 0 spiro atoms. The molecule has 3 saturated heterocycles. The lowest BCUT2D eigenvalue weighted by molar-refractivity contribution is -0.0334. The van der Waals surface area contributed by atoms with Gasteiger partial charge < -0.3 is 28.7 Å². The summed E-state index contributed by atoms with van der Waals surface area (Å²) in [5.74, 6) is 0. The average Bonchev–Trinajstić information content (AvgIpc) is 3.77. The quantitative estimate of drug-likeness (QED) is 0.349. The molecular weight excluding hydrogens is 628 g/mol. The van der Waals surface area contributed by atoms with Gasteiger partial charge in [0.2, 0.25) is 0 Å². The van der Waals surface area contributed by atoms with Crippen molar-refractivity contribution in [3.8, 4) is 11.3 Å². The van der Waals surface area contributed by atoms with Crippen molar-refractivity contribution in [3.05, 3.63) is 46.8 Å². The number of aryl methyl sites for hydroxylation is 1.